The minimum absolute atomic E-state index is 0. The average Bonchev–Trinajstić information content (AvgIpc) is 3.86. The molecule has 5 nitrogen and oxygen atoms in total. The molecule has 5 heterocycles. The molecule has 11 rings (SSSR count). The molecular formula is C63H69N4OPt-. The fraction of sp³-hybridized carbons (Fsp3) is 0.333. The molecule has 2 atom stereocenters. The fourth-order valence-corrected chi connectivity index (χ4v) is 10.5. The van der Waals surface area contributed by atoms with Crippen LogP contribution in [0.4, 0.5) is 22.7 Å². The van der Waals surface area contributed by atoms with Crippen LogP contribution in [0.2, 0.25) is 0 Å². The van der Waals surface area contributed by atoms with Crippen molar-refractivity contribution in [1.29, 1.82) is 0 Å². The van der Waals surface area contributed by atoms with Crippen molar-refractivity contribution >= 4 is 44.6 Å². The first-order valence-electron chi connectivity index (χ1n) is 24.5. The van der Waals surface area contributed by atoms with E-state index in [0.29, 0.717) is 20.5 Å². The van der Waals surface area contributed by atoms with E-state index in [9.17, 15) is 0 Å². The van der Waals surface area contributed by atoms with Gasteiger partial charge in [-0.15, -0.1) is 29.1 Å². The third kappa shape index (κ3) is 8.21. The van der Waals surface area contributed by atoms with Gasteiger partial charge in [0.1, 0.15) is 11.5 Å². The molecular weight excluding hydrogens is 1020 g/mol. The van der Waals surface area contributed by atoms with Gasteiger partial charge in [-0.2, -0.15) is 12.1 Å². The Morgan fingerprint density at radius 1 is 0.565 bits per heavy atom. The maximum atomic E-state index is 7.14. The molecule has 3 aliphatic rings. The topological polar surface area (TPSA) is 27.1 Å². The average molecular weight is 1090 g/mol. The first kappa shape index (κ1) is 48.7. The van der Waals surface area contributed by atoms with Gasteiger partial charge < -0.3 is 13.8 Å². The molecule has 8 aromatic rings. The van der Waals surface area contributed by atoms with Crippen molar-refractivity contribution in [1.82, 2.24) is 18.5 Å². The summed E-state index contributed by atoms with van der Waals surface area (Å²) in [7, 11) is 0. The van der Waals surface area contributed by atoms with E-state index in [1.165, 1.54) is 50.4 Å². The third-order valence-electron chi connectivity index (χ3n) is 14.6. The zero-order valence-electron chi connectivity index (χ0n) is 43.4. The van der Waals surface area contributed by atoms with Gasteiger partial charge in [0.25, 0.3) is 0 Å². The van der Waals surface area contributed by atoms with Crippen molar-refractivity contribution in [2.45, 2.75) is 131 Å². The fourth-order valence-electron chi connectivity index (χ4n) is 10.5. The Kier molecular flexibility index (Phi) is 11.6. The number of benzene rings is 6. The molecule has 0 aliphatic carbocycles. The number of nitrogens with zero attached hydrogens (tertiary/aromatic N) is 4. The van der Waals surface area contributed by atoms with Crippen molar-refractivity contribution in [3.63, 3.8) is 0 Å². The number of hydrogen-bond donors (Lipinski definition) is 0. The number of aromatic nitrogens is 2. The Morgan fingerprint density at radius 3 is 1.84 bits per heavy atom. The zero-order valence-corrected chi connectivity index (χ0v) is 45.7. The molecule has 358 valence electrons. The van der Waals surface area contributed by atoms with Crippen molar-refractivity contribution in [3.8, 4) is 28.4 Å². The standard InChI is InChI=1S/C63H69N4O.Pt/c1-59(2,3)42-22-18-21-41(31-42)49-26-20-28-55-58(49)67(47-33-44(61(7,8)9)32-45(34-47)62(10,11)12)39-66(55,40-67)46-23-19-24-48(36-46)68-56-38-54-51(37-52(56)63(13,14)15)50-25-16-17-27-53(50)65(54)57-35-43(29-30-64-57)60(4,5)6;/h16-35,37,39H,40H2,1-15H3;/q-1;/t66-,67+;/m1./s1. The number of ether oxygens (including phenoxy) is 1. The van der Waals surface area contributed by atoms with E-state index in [2.05, 4.69) is 242 Å². The molecule has 0 radical (unpaired) electrons. The van der Waals surface area contributed by atoms with Gasteiger partial charge in [0.2, 0.25) is 0 Å². The monoisotopic (exact) mass is 1090 g/mol. The predicted octanol–water partition coefficient (Wildman–Crippen LogP) is 17.1. The molecule has 0 spiro atoms. The van der Waals surface area contributed by atoms with Gasteiger partial charge in [-0.3, -0.25) is 4.48 Å². The molecule has 2 bridgehead atoms. The van der Waals surface area contributed by atoms with Crippen LogP contribution in [0.25, 0.3) is 38.8 Å². The summed E-state index contributed by atoms with van der Waals surface area (Å²) < 4.78 is 10.6. The van der Waals surface area contributed by atoms with Crippen molar-refractivity contribution in [3.05, 3.63) is 174 Å². The summed E-state index contributed by atoms with van der Waals surface area (Å²) in [6.07, 6.45) is 1.93. The maximum Gasteiger partial charge on any atom is 0.187 e. The normalized spacial score (nSPS) is 18.2. The number of pyridine rings is 1. The first-order valence-corrected chi connectivity index (χ1v) is 24.5. The van der Waals surface area contributed by atoms with Crippen LogP contribution in [0.5, 0.6) is 11.5 Å². The third-order valence-corrected chi connectivity index (χ3v) is 14.6. The second-order valence-electron chi connectivity index (χ2n) is 24.8. The minimum atomic E-state index is -0.239. The smallest absolute Gasteiger partial charge is 0.187 e. The summed E-state index contributed by atoms with van der Waals surface area (Å²) in [5.74, 6) is 2.23. The number of hydrogen-bond acceptors (Lipinski definition) is 2. The maximum absolute atomic E-state index is 7.14. The molecule has 69 heavy (non-hydrogen) atoms. The van der Waals surface area contributed by atoms with Crippen molar-refractivity contribution in [2.75, 3.05) is 6.67 Å². The number of quaternary nitrogens is 2. The molecule has 2 aromatic heterocycles. The van der Waals surface area contributed by atoms with E-state index < -0.39 is 0 Å². The summed E-state index contributed by atoms with van der Waals surface area (Å²) >= 11 is 0. The van der Waals surface area contributed by atoms with Gasteiger partial charge in [0.05, 0.1) is 6.67 Å². The second kappa shape index (κ2) is 16.4. The number of para-hydroxylation sites is 2. The number of rotatable bonds is 6. The molecule has 3 aliphatic heterocycles. The molecule has 6 heteroatoms. The summed E-state index contributed by atoms with van der Waals surface area (Å²) in [5, 5.41) is 2.29. The largest absolute Gasteiger partial charge is 0.509 e. The van der Waals surface area contributed by atoms with Crippen LogP contribution in [-0.2, 0) is 48.1 Å². The number of fused-ring (bicyclic) bond motifs is 3. The molecule has 1 saturated heterocycles. The summed E-state index contributed by atoms with van der Waals surface area (Å²) in [6, 6.07) is 53.0. The Bertz CT molecular complexity index is 3260. The Hall–Kier alpha value is -5.32. The first-order chi connectivity index (χ1) is 31.8. The minimum Gasteiger partial charge on any atom is -0.509 e. The van der Waals surface area contributed by atoms with E-state index in [0.717, 1.165) is 45.5 Å². The Morgan fingerprint density at radius 2 is 1.19 bits per heavy atom. The van der Waals surface area contributed by atoms with E-state index in [4.69, 9.17) is 9.72 Å². The van der Waals surface area contributed by atoms with Crippen LogP contribution < -0.4 is 13.7 Å². The summed E-state index contributed by atoms with van der Waals surface area (Å²) in [4.78, 5) is 4.96. The van der Waals surface area contributed by atoms with Gasteiger partial charge in [-0.05, 0) is 79.1 Å². The van der Waals surface area contributed by atoms with Crippen LogP contribution in [0.3, 0.4) is 0 Å². The van der Waals surface area contributed by atoms with E-state index in [1.54, 1.807) is 0 Å². The molecule has 0 saturated carbocycles. The molecule has 6 aromatic carbocycles. The van der Waals surface area contributed by atoms with Crippen molar-refractivity contribution < 1.29 is 25.8 Å². The van der Waals surface area contributed by atoms with Gasteiger partial charge in [-0.25, -0.2) is 4.98 Å². The Balaban J connectivity index is 0.00000593. The second-order valence-corrected chi connectivity index (χ2v) is 24.8. The molecule has 1 fully saturated rings. The SMILES string of the molecule is CC(C)(C)c1cccc(-c2cccc3c2[N@@+]2(c4cc(C(C)(C)C)cc(C(C)(C)C)c4)[CH-][N@+]3(c3[c-]c(Oc4[c-]c5c(cc4C(C)(C)C)c4ccccc4n5-c4cc(C(C)(C)C)ccn4)ccc3)C2)c1.[Pt]. The zero-order chi connectivity index (χ0) is 48.6. The predicted molar refractivity (Wildman–Crippen MR) is 287 cm³/mol. The van der Waals surface area contributed by atoms with Crippen LogP contribution in [0, 0.1) is 18.8 Å². The van der Waals surface area contributed by atoms with Crippen LogP contribution in [0.1, 0.15) is 132 Å². The van der Waals surface area contributed by atoms with Gasteiger partial charge in [0, 0.05) is 73.7 Å². The van der Waals surface area contributed by atoms with E-state index in [-0.39, 0.29) is 48.1 Å². The quantitative estimate of drug-likeness (QED) is 0.123. The van der Waals surface area contributed by atoms with Gasteiger partial charge in [0.15, 0.2) is 18.0 Å². The molecule has 0 amide bonds. The van der Waals surface area contributed by atoms with Crippen LogP contribution in [0.15, 0.2) is 128 Å². The van der Waals surface area contributed by atoms with Crippen LogP contribution in [-0.4, -0.2) is 16.2 Å². The van der Waals surface area contributed by atoms with E-state index in [1.807, 2.05) is 12.3 Å². The van der Waals surface area contributed by atoms with E-state index >= 15 is 0 Å². The van der Waals surface area contributed by atoms with Gasteiger partial charge >= 0.3 is 0 Å². The Labute approximate surface area is 426 Å². The summed E-state index contributed by atoms with van der Waals surface area (Å²) in [6.45, 7) is 37.8. The molecule has 0 N–H and O–H groups in total. The van der Waals surface area contributed by atoms with Gasteiger partial charge in [-0.1, -0.05) is 175 Å². The molecule has 0 unspecified atom stereocenters. The van der Waals surface area contributed by atoms with Crippen LogP contribution >= 0.6 is 0 Å². The summed E-state index contributed by atoms with van der Waals surface area (Å²) in [5.41, 5.74) is 15.5. The van der Waals surface area contributed by atoms with Crippen molar-refractivity contribution in [2.24, 2.45) is 0 Å².